The lowest BCUT2D eigenvalue weighted by Crippen LogP contribution is -2.23. The van der Waals surface area contributed by atoms with Crippen LogP contribution in [0.3, 0.4) is 0 Å². The van der Waals surface area contributed by atoms with Crippen molar-refractivity contribution in [1.82, 2.24) is 30.0 Å². The number of hydrogen-bond donors (Lipinski definition) is 4. The number of nitrogens with zero attached hydrogens (tertiary/aromatic N) is 5. The van der Waals surface area contributed by atoms with Crippen LogP contribution in [0.1, 0.15) is 16.8 Å². The van der Waals surface area contributed by atoms with Crippen molar-refractivity contribution in [3.63, 3.8) is 0 Å². The van der Waals surface area contributed by atoms with E-state index in [9.17, 15) is 18.0 Å². The maximum atomic E-state index is 14.2. The molecule has 0 bridgehead atoms. The Labute approximate surface area is 188 Å². The molecule has 6 N–H and O–H groups in total. The average molecular weight is 479 g/mol. The molecule has 0 aliphatic rings. The maximum Gasteiger partial charge on any atom is 0.404 e. The van der Waals surface area contributed by atoms with E-state index in [0.29, 0.717) is 11.6 Å². The van der Waals surface area contributed by atoms with E-state index in [-0.39, 0.29) is 46.1 Å². The van der Waals surface area contributed by atoms with Crippen LogP contribution >= 0.6 is 11.6 Å². The molecule has 1 aromatic carbocycles. The summed E-state index contributed by atoms with van der Waals surface area (Å²) >= 11 is 5.99. The number of nitrogen functional groups attached to an aromatic ring is 2. The number of nitrogens with one attached hydrogen (secondary N) is 1. The van der Waals surface area contributed by atoms with Crippen molar-refractivity contribution in [3.05, 3.63) is 63.7 Å². The van der Waals surface area contributed by atoms with Gasteiger partial charge in [0.05, 0.1) is 23.3 Å². The largest absolute Gasteiger partial charge is 0.465 e. The Hall–Kier alpha value is -4.13. The average Bonchev–Trinajstić information content (AvgIpc) is 3.10. The molecular weight excluding hydrogens is 465 g/mol. The molecule has 0 spiro atoms. The van der Waals surface area contributed by atoms with Crippen molar-refractivity contribution < 1.29 is 23.1 Å². The number of pyridine rings is 1. The molecule has 3 aromatic heterocycles. The summed E-state index contributed by atoms with van der Waals surface area (Å²) in [5.41, 5.74) is 12.0. The van der Waals surface area contributed by atoms with Gasteiger partial charge in [0.1, 0.15) is 28.1 Å². The Morgan fingerprint density at radius 1 is 1.03 bits per heavy atom. The first-order valence-electron chi connectivity index (χ1n) is 9.21. The summed E-state index contributed by atoms with van der Waals surface area (Å²) in [4.78, 5) is 23.1. The van der Waals surface area contributed by atoms with Crippen LogP contribution in [0.15, 0.2) is 24.3 Å². The lowest BCUT2D eigenvalue weighted by atomic mass is 10.1. The van der Waals surface area contributed by atoms with Gasteiger partial charge in [-0.3, -0.25) is 0 Å². The number of benzene rings is 1. The van der Waals surface area contributed by atoms with Crippen LogP contribution in [-0.4, -0.2) is 35.9 Å². The number of carboxylic acid groups (broad SMARTS) is 1. The third-order valence-corrected chi connectivity index (χ3v) is 4.92. The number of fused-ring (bicyclic) bond motifs is 1. The number of hydrogen-bond acceptors (Lipinski definition) is 7. The lowest BCUT2D eigenvalue weighted by molar-refractivity contribution is 0.194. The van der Waals surface area contributed by atoms with E-state index in [4.69, 9.17) is 28.2 Å². The van der Waals surface area contributed by atoms with Crippen LogP contribution in [0.2, 0.25) is 5.15 Å². The van der Waals surface area contributed by atoms with Crippen LogP contribution in [-0.2, 0) is 13.0 Å². The zero-order chi connectivity index (χ0) is 23.9. The fraction of sp³-hybridized carbons (Fsp3) is 0.105. The number of anilines is 2. The minimum absolute atomic E-state index is 0.0632. The van der Waals surface area contributed by atoms with E-state index in [0.717, 1.165) is 6.07 Å². The molecule has 0 aliphatic heterocycles. The molecule has 4 rings (SSSR count). The SMILES string of the molecule is Nc1nc(-n2nc(Cc3c(F)ccc(F)c3F)c3nc(Cl)ccc32)nc(N)c1CNC(=O)O. The van der Waals surface area contributed by atoms with Crippen molar-refractivity contribution in [2.45, 2.75) is 13.0 Å². The Morgan fingerprint density at radius 2 is 1.70 bits per heavy atom. The van der Waals surface area contributed by atoms with E-state index in [2.05, 4.69) is 25.4 Å². The summed E-state index contributed by atoms with van der Waals surface area (Å²) in [5, 5.41) is 15.3. The summed E-state index contributed by atoms with van der Waals surface area (Å²) in [6.45, 7) is -0.228. The first kappa shape index (κ1) is 22.1. The normalized spacial score (nSPS) is 11.2. The van der Waals surface area contributed by atoms with Gasteiger partial charge in [0.2, 0.25) is 0 Å². The molecule has 10 nitrogen and oxygen atoms in total. The van der Waals surface area contributed by atoms with Gasteiger partial charge in [-0.05, 0) is 24.3 Å². The van der Waals surface area contributed by atoms with Crippen LogP contribution < -0.4 is 16.8 Å². The fourth-order valence-corrected chi connectivity index (χ4v) is 3.30. The molecule has 33 heavy (non-hydrogen) atoms. The van der Waals surface area contributed by atoms with Gasteiger partial charge in [0, 0.05) is 12.0 Å². The number of rotatable bonds is 5. The molecule has 0 saturated heterocycles. The Morgan fingerprint density at radius 3 is 2.36 bits per heavy atom. The predicted octanol–water partition coefficient (Wildman–Crippen LogP) is 2.80. The van der Waals surface area contributed by atoms with Crippen LogP contribution in [0.5, 0.6) is 0 Å². The smallest absolute Gasteiger partial charge is 0.404 e. The summed E-state index contributed by atoms with van der Waals surface area (Å²) in [7, 11) is 0. The van der Waals surface area contributed by atoms with Gasteiger partial charge in [-0.25, -0.2) is 22.9 Å². The molecule has 0 unspecified atom stereocenters. The standard InChI is InChI=1S/C19H14ClF3N8O2/c20-13-4-3-12-15(27-13)11(5-7-9(21)1-2-10(22)14(7)23)30-31(12)18-28-16(24)8(17(25)29-18)6-26-19(32)33/h1-4,26H,5-6H2,(H,32,33)(H4,24,25,28,29). The number of nitrogens with two attached hydrogens (primary N) is 2. The van der Waals surface area contributed by atoms with Gasteiger partial charge in [0.25, 0.3) is 5.95 Å². The quantitative estimate of drug-likeness (QED) is 0.252. The van der Waals surface area contributed by atoms with Gasteiger partial charge in [-0.1, -0.05) is 11.6 Å². The van der Waals surface area contributed by atoms with Gasteiger partial charge in [-0.2, -0.15) is 19.7 Å². The van der Waals surface area contributed by atoms with E-state index < -0.39 is 35.5 Å². The summed E-state index contributed by atoms with van der Waals surface area (Å²) < 4.78 is 43.3. The van der Waals surface area contributed by atoms with Crippen molar-refractivity contribution in [2.75, 3.05) is 11.5 Å². The van der Waals surface area contributed by atoms with Gasteiger partial charge >= 0.3 is 6.09 Å². The second kappa shape index (κ2) is 8.43. The molecule has 4 aromatic rings. The van der Waals surface area contributed by atoms with E-state index in [1.807, 2.05) is 0 Å². The monoisotopic (exact) mass is 478 g/mol. The molecule has 0 atom stereocenters. The highest BCUT2D eigenvalue weighted by Crippen LogP contribution is 2.27. The van der Waals surface area contributed by atoms with Gasteiger partial charge in [-0.15, -0.1) is 0 Å². The van der Waals surface area contributed by atoms with E-state index in [1.165, 1.54) is 16.8 Å². The topological polar surface area (TPSA) is 158 Å². The highest BCUT2D eigenvalue weighted by atomic mass is 35.5. The zero-order valence-electron chi connectivity index (χ0n) is 16.5. The molecule has 3 heterocycles. The second-order valence-corrected chi connectivity index (χ2v) is 7.18. The van der Waals surface area contributed by atoms with Gasteiger partial charge in [0.15, 0.2) is 11.6 Å². The van der Waals surface area contributed by atoms with Crippen molar-refractivity contribution >= 4 is 40.4 Å². The minimum Gasteiger partial charge on any atom is -0.465 e. The van der Waals surface area contributed by atoms with Crippen molar-refractivity contribution in [2.24, 2.45) is 0 Å². The summed E-state index contributed by atoms with van der Waals surface area (Å²) in [6, 6.07) is 4.46. The Balaban J connectivity index is 1.84. The van der Waals surface area contributed by atoms with E-state index in [1.54, 1.807) is 0 Å². The van der Waals surface area contributed by atoms with Crippen LogP contribution in [0, 0.1) is 17.5 Å². The molecular formula is C19H14ClF3N8O2. The molecule has 0 saturated carbocycles. The van der Waals surface area contributed by atoms with Crippen LogP contribution in [0.4, 0.5) is 29.6 Å². The molecule has 170 valence electrons. The summed E-state index contributed by atoms with van der Waals surface area (Å²) in [5.74, 6) is -3.85. The van der Waals surface area contributed by atoms with E-state index >= 15 is 0 Å². The third kappa shape index (κ3) is 4.17. The number of halogens is 4. The minimum atomic E-state index is -1.35. The fourth-order valence-electron chi connectivity index (χ4n) is 3.15. The number of aromatic nitrogens is 5. The lowest BCUT2D eigenvalue weighted by Gasteiger charge is -2.10. The Kier molecular flexibility index (Phi) is 5.64. The number of carbonyl (C=O) groups is 1. The first-order valence-corrected chi connectivity index (χ1v) is 9.59. The first-order chi connectivity index (χ1) is 15.7. The molecule has 0 aliphatic carbocycles. The molecule has 1 amide bonds. The molecule has 0 fully saturated rings. The second-order valence-electron chi connectivity index (χ2n) is 6.79. The van der Waals surface area contributed by atoms with Crippen molar-refractivity contribution in [1.29, 1.82) is 0 Å². The highest BCUT2D eigenvalue weighted by molar-refractivity contribution is 6.29. The zero-order valence-corrected chi connectivity index (χ0v) is 17.2. The number of amides is 1. The molecule has 0 radical (unpaired) electrons. The van der Waals surface area contributed by atoms with Gasteiger partial charge < -0.3 is 21.9 Å². The molecule has 14 heteroatoms. The predicted molar refractivity (Wildman–Crippen MR) is 112 cm³/mol. The van der Waals surface area contributed by atoms with Crippen LogP contribution in [0.25, 0.3) is 17.0 Å². The third-order valence-electron chi connectivity index (χ3n) is 4.71. The van der Waals surface area contributed by atoms with Crippen molar-refractivity contribution in [3.8, 4) is 5.95 Å². The Bertz CT molecular complexity index is 1390. The highest BCUT2D eigenvalue weighted by Gasteiger charge is 2.22. The summed E-state index contributed by atoms with van der Waals surface area (Å²) in [6.07, 6.45) is -1.74. The maximum absolute atomic E-state index is 14.2.